The lowest BCUT2D eigenvalue weighted by Gasteiger charge is -2.30. The van der Waals surface area contributed by atoms with Gasteiger partial charge < -0.3 is 21.4 Å². The van der Waals surface area contributed by atoms with E-state index in [1.807, 2.05) is 11.4 Å². The maximum Gasteiger partial charge on any atom is 0.141 e. The van der Waals surface area contributed by atoms with Crippen LogP contribution in [0, 0.1) is 17.1 Å². The number of hydrazine groups is 2. The van der Waals surface area contributed by atoms with Crippen LogP contribution >= 0.6 is 34.5 Å². The Bertz CT molecular complexity index is 1620. The van der Waals surface area contributed by atoms with E-state index >= 15 is 0 Å². The largest absolute Gasteiger partial charge is 0.371 e. The molecule has 0 saturated carbocycles. The van der Waals surface area contributed by atoms with Crippen molar-refractivity contribution < 1.29 is 4.39 Å². The van der Waals surface area contributed by atoms with Gasteiger partial charge in [-0.1, -0.05) is 23.2 Å². The van der Waals surface area contributed by atoms with Crippen molar-refractivity contribution in [2.75, 3.05) is 23.7 Å². The van der Waals surface area contributed by atoms with Crippen LogP contribution in [-0.4, -0.2) is 34.1 Å². The molecule has 13 heteroatoms. The topological polar surface area (TPSA) is 113 Å². The zero-order chi connectivity index (χ0) is 27.6. The van der Waals surface area contributed by atoms with E-state index in [1.54, 1.807) is 17.6 Å². The molecule has 0 amide bonds. The van der Waals surface area contributed by atoms with Crippen molar-refractivity contribution in [3.8, 4) is 6.07 Å². The summed E-state index contributed by atoms with van der Waals surface area (Å²) in [5.41, 5.74) is 12.7. The van der Waals surface area contributed by atoms with Crippen molar-refractivity contribution in [2.24, 2.45) is 0 Å². The highest BCUT2D eigenvalue weighted by atomic mass is 35.5. The molecule has 2 aliphatic heterocycles. The fraction of sp³-hybridized carbons (Fsp3) is 0.222. The molecule has 2 aromatic carbocycles. The quantitative estimate of drug-likeness (QED) is 0.180. The van der Waals surface area contributed by atoms with Gasteiger partial charge in [0.2, 0.25) is 0 Å². The van der Waals surface area contributed by atoms with Crippen molar-refractivity contribution in [3.63, 3.8) is 0 Å². The SMILES string of the molecule is N#Cc1cnc2c(Cl)cc(N[C@H](C3=CN(C4CCNCC4)NN3)c3cscn3)cc2c1Nc1ccc(F)c(Cl)c1. The summed E-state index contributed by atoms with van der Waals surface area (Å²) in [6.07, 6.45) is 5.62. The zero-order valence-corrected chi connectivity index (χ0v) is 23.3. The van der Waals surface area contributed by atoms with Crippen LogP contribution in [0.5, 0.6) is 0 Å². The monoisotopic (exact) mass is 595 g/mol. The summed E-state index contributed by atoms with van der Waals surface area (Å²) in [6.45, 7) is 1.96. The smallest absolute Gasteiger partial charge is 0.141 e. The summed E-state index contributed by atoms with van der Waals surface area (Å²) in [5, 5.41) is 25.1. The zero-order valence-electron chi connectivity index (χ0n) is 21.0. The average Bonchev–Trinajstić information content (AvgIpc) is 3.68. The molecule has 0 unspecified atom stereocenters. The number of nitriles is 1. The predicted octanol–water partition coefficient (Wildman–Crippen LogP) is 5.82. The lowest BCUT2D eigenvalue weighted by atomic mass is 10.1. The van der Waals surface area contributed by atoms with Crippen molar-refractivity contribution >= 4 is 62.5 Å². The Hall–Kier alpha value is -3.66. The molecule has 9 nitrogen and oxygen atoms in total. The van der Waals surface area contributed by atoms with Gasteiger partial charge in [-0.2, -0.15) is 5.26 Å². The minimum Gasteiger partial charge on any atom is -0.371 e. The molecule has 2 aromatic heterocycles. The number of fused-ring (bicyclic) bond motifs is 1. The lowest BCUT2D eigenvalue weighted by Crippen LogP contribution is -2.47. The van der Waals surface area contributed by atoms with Gasteiger partial charge >= 0.3 is 0 Å². The van der Waals surface area contributed by atoms with Crippen LogP contribution in [0.4, 0.5) is 21.5 Å². The molecule has 4 aromatic rings. The molecule has 1 atom stereocenters. The summed E-state index contributed by atoms with van der Waals surface area (Å²) in [6, 6.07) is 10.2. The molecular formula is C27H24Cl2FN9S. The Morgan fingerprint density at radius 3 is 2.70 bits per heavy atom. The number of aromatic nitrogens is 2. The third kappa shape index (κ3) is 5.37. The maximum absolute atomic E-state index is 13.8. The highest BCUT2D eigenvalue weighted by Crippen LogP contribution is 2.37. The normalized spacial score (nSPS) is 16.4. The molecule has 2 aliphatic rings. The van der Waals surface area contributed by atoms with Crippen LogP contribution in [0.3, 0.4) is 0 Å². The Labute approximate surface area is 244 Å². The van der Waals surface area contributed by atoms with E-state index in [9.17, 15) is 9.65 Å². The number of rotatable bonds is 7. The van der Waals surface area contributed by atoms with Gasteiger partial charge in [0, 0.05) is 40.6 Å². The number of hydrogen-bond acceptors (Lipinski definition) is 10. The van der Waals surface area contributed by atoms with Crippen molar-refractivity contribution in [3.05, 3.63) is 86.4 Å². The van der Waals surface area contributed by atoms with E-state index in [0.29, 0.717) is 44.6 Å². The molecule has 0 bridgehead atoms. The fourth-order valence-corrected chi connectivity index (χ4v) is 5.92. The molecule has 204 valence electrons. The summed E-state index contributed by atoms with van der Waals surface area (Å²) in [5.74, 6) is -0.530. The van der Waals surface area contributed by atoms with E-state index in [4.69, 9.17) is 23.2 Å². The Morgan fingerprint density at radius 1 is 1.12 bits per heavy atom. The number of halogens is 3. The average molecular weight is 597 g/mol. The minimum absolute atomic E-state index is 0.0298. The molecule has 4 heterocycles. The summed E-state index contributed by atoms with van der Waals surface area (Å²) in [7, 11) is 0. The second-order valence-corrected chi connectivity index (χ2v) is 11.0. The Morgan fingerprint density at radius 2 is 1.95 bits per heavy atom. The number of hydrogen-bond donors (Lipinski definition) is 5. The van der Waals surface area contributed by atoms with Gasteiger partial charge in [0.05, 0.1) is 43.7 Å². The Balaban J connectivity index is 1.37. The molecule has 1 fully saturated rings. The first-order valence-corrected chi connectivity index (χ1v) is 14.3. The minimum atomic E-state index is -0.530. The van der Waals surface area contributed by atoms with E-state index in [-0.39, 0.29) is 11.1 Å². The van der Waals surface area contributed by atoms with Gasteiger partial charge in [0.1, 0.15) is 17.9 Å². The van der Waals surface area contributed by atoms with Crippen molar-refractivity contribution in [1.29, 1.82) is 5.26 Å². The molecule has 6 rings (SSSR count). The lowest BCUT2D eigenvalue weighted by molar-refractivity contribution is 0.162. The molecule has 0 aliphatic carbocycles. The number of nitrogens with one attached hydrogen (secondary N) is 5. The first-order valence-electron chi connectivity index (χ1n) is 12.6. The number of benzene rings is 2. The highest BCUT2D eigenvalue weighted by molar-refractivity contribution is 7.07. The summed E-state index contributed by atoms with van der Waals surface area (Å²) < 4.78 is 13.8. The van der Waals surface area contributed by atoms with Crippen molar-refractivity contribution in [2.45, 2.75) is 24.9 Å². The fourth-order valence-electron chi connectivity index (χ4n) is 4.89. The van der Waals surface area contributed by atoms with Gasteiger partial charge in [-0.25, -0.2) is 9.37 Å². The van der Waals surface area contributed by atoms with E-state index in [0.717, 1.165) is 37.3 Å². The number of piperidine rings is 1. The Kier molecular flexibility index (Phi) is 7.60. The third-order valence-electron chi connectivity index (χ3n) is 6.91. The number of pyridine rings is 1. The van der Waals surface area contributed by atoms with Crippen LogP contribution in [0.2, 0.25) is 10.0 Å². The summed E-state index contributed by atoms with van der Waals surface area (Å²) >= 11 is 14.2. The van der Waals surface area contributed by atoms with Gasteiger partial charge in [0.25, 0.3) is 0 Å². The molecule has 5 N–H and O–H groups in total. The summed E-state index contributed by atoms with van der Waals surface area (Å²) in [4.78, 5) is 9.00. The van der Waals surface area contributed by atoms with Crippen LogP contribution in [0.15, 0.2) is 59.3 Å². The second kappa shape index (κ2) is 11.4. The first-order chi connectivity index (χ1) is 19.5. The predicted molar refractivity (Wildman–Crippen MR) is 157 cm³/mol. The van der Waals surface area contributed by atoms with Crippen LogP contribution in [0.1, 0.15) is 30.1 Å². The van der Waals surface area contributed by atoms with E-state index in [2.05, 4.69) is 54.2 Å². The number of anilines is 3. The maximum atomic E-state index is 13.8. The van der Waals surface area contributed by atoms with E-state index < -0.39 is 5.82 Å². The molecule has 40 heavy (non-hydrogen) atoms. The third-order valence-corrected chi connectivity index (χ3v) is 8.10. The van der Waals surface area contributed by atoms with Crippen LogP contribution in [-0.2, 0) is 0 Å². The van der Waals surface area contributed by atoms with Crippen LogP contribution in [0.25, 0.3) is 10.9 Å². The van der Waals surface area contributed by atoms with Crippen LogP contribution < -0.4 is 26.9 Å². The standard InChI is InChI=1S/C27H24Cl2FN9S/c28-20-8-16(1-2-22(20)30)35-25-15(10-31)11-33-26-19(25)7-17(9-21(26)29)36-27(24-13-40-14-34-24)23-12-39(38-37-23)18-3-5-32-6-4-18/h1-2,7-9,11-14,18,27,32,36-38H,3-6H2,(H,33,35)/t27-/m1/s1. The number of thiazole rings is 1. The van der Waals surface area contributed by atoms with Gasteiger partial charge in [-0.3, -0.25) is 9.99 Å². The molecule has 0 radical (unpaired) electrons. The van der Waals surface area contributed by atoms with Crippen molar-refractivity contribution in [1.82, 2.24) is 31.3 Å². The van der Waals surface area contributed by atoms with Gasteiger partial charge in [0.15, 0.2) is 0 Å². The van der Waals surface area contributed by atoms with E-state index in [1.165, 1.54) is 29.7 Å². The molecule has 1 saturated heterocycles. The first kappa shape index (κ1) is 26.6. The number of nitrogens with zero attached hydrogens (tertiary/aromatic N) is 4. The highest BCUT2D eigenvalue weighted by Gasteiger charge is 2.28. The molecule has 0 spiro atoms. The van der Waals surface area contributed by atoms with Gasteiger partial charge in [-0.15, -0.1) is 16.9 Å². The second-order valence-electron chi connectivity index (χ2n) is 9.47. The molecular weight excluding hydrogens is 572 g/mol. The van der Waals surface area contributed by atoms with Gasteiger partial charge in [-0.05, 0) is 56.3 Å².